The minimum absolute atomic E-state index is 0.0426. The maximum Gasteiger partial charge on any atom is 0.292 e. The number of furan rings is 1. The fourth-order valence-corrected chi connectivity index (χ4v) is 5.00. The van der Waals surface area contributed by atoms with Crippen molar-refractivity contribution in [3.63, 3.8) is 0 Å². The Balaban J connectivity index is 1.61. The van der Waals surface area contributed by atoms with Crippen LogP contribution in [-0.2, 0) is 9.84 Å². The second-order valence-corrected chi connectivity index (χ2v) is 9.01. The van der Waals surface area contributed by atoms with Crippen molar-refractivity contribution >= 4 is 32.5 Å². The molecule has 0 radical (unpaired) electrons. The van der Waals surface area contributed by atoms with Crippen LogP contribution in [0.4, 0.5) is 5.82 Å². The molecule has 1 aliphatic rings. The predicted molar refractivity (Wildman–Crippen MR) is 98.2 cm³/mol. The van der Waals surface area contributed by atoms with Gasteiger partial charge in [0.05, 0.1) is 23.2 Å². The number of amides is 1. The lowest BCUT2D eigenvalue weighted by Crippen LogP contribution is -2.19. The zero-order chi connectivity index (χ0) is 18.5. The molecule has 1 atom stereocenters. The van der Waals surface area contributed by atoms with Gasteiger partial charge in [0.1, 0.15) is 11.4 Å². The molecule has 1 aliphatic heterocycles. The van der Waals surface area contributed by atoms with Gasteiger partial charge >= 0.3 is 0 Å². The van der Waals surface area contributed by atoms with Crippen molar-refractivity contribution in [2.75, 3.05) is 16.8 Å². The van der Waals surface area contributed by atoms with E-state index in [0.717, 1.165) is 10.9 Å². The number of aryl methyl sites for hydroxylation is 2. The Morgan fingerprint density at radius 2 is 2.08 bits per heavy atom. The highest BCUT2D eigenvalue weighted by atomic mass is 32.2. The monoisotopic (exact) mass is 373 g/mol. The number of nitrogens with zero attached hydrogens (tertiary/aromatic N) is 2. The summed E-state index contributed by atoms with van der Waals surface area (Å²) in [5.74, 6) is 0.482. The molecule has 26 heavy (non-hydrogen) atoms. The topological polar surface area (TPSA) is 94.2 Å². The molecular formula is C18H19N3O4S. The molecule has 4 rings (SSSR count). The highest BCUT2D eigenvalue weighted by molar-refractivity contribution is 7.91. The minimum Gasteiger partial charge on any atom is -0.451 e. The van der Waals surface area contributed by atoms with Crippen molar-refractivity contribution in [1.29, 1.82) is 0 Å². The number of sulfone groups is 1. The number of hydrogen-bond acceptors (Lipinski definition) is 5. The first kappa shape index (κ1) is 16.8. The van der Waals surface area contributed by atoms with E-state index in [2.05, 4.69) is 10.4 Å². The molecule has 7 nitrogen and oxygen atoms in total. The Kier molecular flexibility index (Phi) is 3.87. The summed E-state index contributed by atoms with van der Waals surface area (Å²) in [6, 6.07) is 8.88. The van der Waals surface area contributed by atoms with E-state index in [9.17, 15) is 13.2 Å². The van der Waals surface area contributed by atoms with Gasteiger partial charge in [-0.05, 0) is 38.5 Å². The maximum absolute atomic E-state index is 12.6. The van der Waals surface area contributed by atoms with Crippen LogP contribution in [0.2, 0.25) is 0 Å². The van der Waals surface area contributed by atoms with Crippen LogP contribution in [0.3, 0.4) is 0 Å². The summed E-state index contributed by atoms with van der Waals surface area (Å²) in [4.78, 5) is 12.6. The van der Waals surface area contributed by atoms with E-state index in [4.69, 9.17) is 4.42 Å². The van der Waals surface area contributed by atoms with Crippen molar-refractivity contribution in [3.05, 3.63) is 47.3 Å². The lowest BCUT2D eigenvalue weighted by atomic mass is 10.2. The predicted octanol–water partition coefficient (Wildman–Crippen LogP) is 2.86. The Morgan fingerprint density at radius 3 is 2.81 bits per heavy atom. The second kappa shape index (κ2) is 5.98. The van der Waals surface area contributed by atoms with E-state index in [-0.39, 0.29) is 29.2 Å². The van der Waals surface area contributed by atoms with E-state index in [0.29, 0.717) is 23.5 Å². The Bertz CT molecular complexity index is 1110. The number of carbonyl (C=O) groups excluding carboxylic acids is 1. The van der Waals surface area contributed by atoms with Crippen molar-refractivity contribution in [3.8, 4) is 0 Å². The first-order chi connectivity index (χ1) is 12.3. The van der Waals surface area contributed by atoms with Gasteiger partial charge in [-0.3, -0.25) is 4.79 Å². The second-order valence-electron chi connectivity index (χ2n) is 6.78. The zero-order valence-electron chi connectivity index (χ0n) is 14.5. The van der Waals surface area contributed by atoms with Gasteiger partial charge < -0.3 is 9.73 Å². The third-order valence-corrected chi connectivity index (χ3v) is 6.30. The van der Waals surface area contributed by atoms with Crippen LogP contribution in [0.15, 0.2) is 34.7 Å². The fraction of sp³-hybridized carbons (Fsp3) is 0.333. The molecule has 0 spiro atoms. The number of hydrogen-bond donors (Lipinski definition) is 1. The zero-order valence-corrected chi connectivity index (χ0v) is 15.3. The first-order valence-corrected chi connectivity index (χ1v) is 10.2. The van der Waals surface area contributed by atoms with Gasteiger partial charge in [0, 0.05) is 11.5 Å². The van der Waals surface area contributed by atoms with E-state index in [1.54, 1.807) is 23.7 Å². The molecule has 1 amide bonds. The van der Waals surface area contributed by atoms with Gasteiger partial charge in [0.15, 0.2) is 15.6 Å². The fourth-order valence-electron chi connectivity index (χ4n) is 3.31. The summed E-state index contributed by atoms with van der Waals surface area (Å²) in [7, 11) is -3.05. The molecule has 2 aromatic heterocycles. The molecule has 3 aromatic rings. The lowest BCUT2D eigenvalue weighted by Gasteiger charge is -2.13. The summed E-state index contributed by atoms with van der Waals surface area (Å²) < 4.78 is 30.7. The van der Waals surface area contributed by atoms with Crippen LogP contribution in [0.5, 0.6) is 0 Å². The van der Waals surface area contributed by atoms with Gasteiger partial charge in [-0.25, -0.2) is 13.1 Å². The average Bonchev–Trinajstić information content (AvgIpc) is 3.23. The molecule has 1 N–H and O–H groups in total. The SMILES string of the molecule is Cc1ccc2oc(C(=O)Nc3cc(C)nn3C3CCS(=O)(=O)C3)cc2c1. The summed E-state index contributed by atoms with van der Waals surface area (Å²) in [5, 5.41) is 8.03. The van der Waals surface area contributed by atoms with E-state index >= 15 is 0 Å². The van der Waals surface area contributed by atoms with Crippen LogP contribution in [-0.4, -0.2) is 35.6 Å². The van der Waals surface area contributed by atoms with Crippen LogP contribution >= 0.6 is 0 Å². The summed E-state index contributed by atoms with van der Waals surface area (Å²) in [6.45, 7) is 3.78. The smallest absolute Gasteiger partial charge is 0.292 e. The third kappa shape index (κ3) is 3.12. The molecule has 1 saturated heterocycles. The molecule has 136 valence electrons. The molecule has 1 unspecified atom stereocenters. The average molecular weight is 373 g/mol. The van der Waals surface area contributed by atoms with Crippen LogP contribution in [0, 0.1) is 13.8 Å². The van der Waals surface area contributed by atoms with E-state index in [1.165, 1.54) is 0 Å². The van der Waals surface area contributed by atoms with Gasteiger partial charge in [-0.2, -0.15) is 5.10 Å². The van der Waals surface area contributed by atoms with Gasteiger partial charge in [0.2, 0.25) is 0 Å². The largest absolute Gasteiger partial charge is 0.451 e. The van der Waals surface area contributed by atoms with Crippen LogP contribution in [0.1, 0.15) is 34.3 Å². The highest BCUT2D eigenvalue weighted by Gasteiger charge is 2.31. The number of carbonyl (C=O) groups is 1. The normalized spacial score (nSPS) is 19.1. The lowest BCUT2D eigenvalue weighted by molar-refractivity contribution is 0.0997. The van der Waals surface area contributed by atoms with Crippen molar-refractivity contribution < 1.29 is 17.6 Å². The number of anilines is 1. The molecule has 0 saturated carbocycles. The Morgan fingerprint density at radius 1 is 1.27 bits per heavy atom. The van der Waals surface area contributed by atoms with Crippen molar-refractivity contribution in [2.24, 2.45) is 0 Å². The quantitative estimate of drug-likeness (QED) is 0.762. The highest BCUT2D eigenvalue weighted by Crippen LogP contribution is 2.28. The number of nitrogens with one attached hydrogen (secondary N) is 1. The molecule has 0 bridgehead atoms. The van der Waals surface area contributed by atoms with Crippen molar-refractivity contribution in [1.82, 2.24) is 9.78 Å². The standard InChI is InChI=1S/C18H19N3O4S/c1-11-3-4-15-13(7-11)9-16(25-15)18(22)19-17-8-12(2)20-21(17)14-5-6-26(23,24)10-14/h3-4,7-9,14H,5-6,10H2,1-2H3,(H,19,22). The molecule has 0 aliphatic carbocycles. The molecule has 1 fully saturated rings. The van der Waals surface area contributed by atoms with Crippen LogP contribution in [0.25, 0.3) is 11.0 Å². The number of fused-ring (bicyclic) bond motifs is 1. The molecule has 8 heteroatoms. The van der Waals surface area contributed by atoms with Crippen molar-refractivity contribution in [2.45, 2.75) is 26.3 Å². The molecular weight excluding hydrogens is 354 g/mol. The minimum atomic E-state index is -3.05. The molecule has 3 heterocycles. The van der Waals surface area contributed by atoms with Gasteiger partial charge in [-0.1, -0.05) is 11.6 Å². The number of aromatic nitrogens is 2. The van der Waals surface area contributed by atoms with Crippen LogP contribution < -0.4 is 5.32 Å². The number of rotatable bonds is 3. The molecule has 1 aromatic carbocycles. The summed E-state index contributed by atoms with van der Waals surface area (Å²) >= 11 is 0. The van der Waals surface area contributed by atoms with Gasteiger partial charge in [0.25, 0.3) is 5.91 Å². The first-order valence-electron chi connectivity index (χ1n) is 8.39. The summed E-state index contributed by atoms with van der Waals surface area (Å²) in [6.07, 6.45) is 0.496. The number of benzene rings is 1. The summed E-state index contributed by atoms with van der Waals surface area (Å²) in [5.41, 5.74) is 2.44. The van der Waals surface area contributed by atoms with E-state index in [1.807, 2.05) is 25.1 Å². The van der Waals surface area contributed by atoms with E-state index < -0.39 is 9.84 Å². The van der Waals surface area contributed by atoms with Gasteiger partial charge in [-0.15, -0.1) is 0 Å². The maximum atomic E-state index is 12.6. The Labute approximate surface area is 150 Å². The Hall–Kier alpha value is -2.61. The third-order valence-electron chi connectivity index (χ3n) is 4.55.